The number of nitrogens with one attached hydrogen (secondary N) is 1. The number of hydrogen-bond acceptors (Lipinski definition) is 1. The third-order valence-electron chi connectivity index (χ3n) is 2.84. The van der Waals surface area contributed by atoms with E-state index in [4.69, 9.17) is 23.2 Å². The average molecular weight is 270 g/mol. The first-order valence-electron chi connectivity index (χ1n) is 6.08. The van der Waals surface area contributed by atoms with Crippen LogP contribution in [0.2, 0.25) is 10.0 Å². The van der Waals surface area contributed by atoms with Crippen molar-refractivity contribution in [1.82, 2.24) is 5.32 Å². The molecule has 0 aromatic heterocycles. The first kappa shape index (κ1) is 12.9. The summed E-state index contributed by atoms with van der Waals surface area (Å²) < 4.78 is 0. The number of allylic oxidation sites excluding steroid dienone is 1. The third-order valence-corrected chi connectivity index (χ3v) is 3.43. The first-order valence-corrected chi connectivity index (χ1v) is 6.83. The molecule has 0 aliphatic heterocycles. The van der Waals surface area contributed by atoms with Crippen LogP contribution in [0, 0.1) is 0 Å². The lowest BCUT2D eigenvalue weighted by Crippen LogP contribution is -2.16. The van der Waals surface area contributed by atoms with Crippen molar-refractivity contribution < 1.29 is 0 Å². The van der Waals surface area contributed by atoms with Crippen molar-refractivity contribution in [1.29, 1.82) is 0 Å². The largest absolute Gasteiger partial charge is 0.314 e. The Morgan fingerprint density at radius 1 is 1.24 bits per heavy atom. The van der Waals surface area contributed by atoms with Gasteiger partial charge in [0.05, 0.1) is 0 Å². The lowest BCUT2D eigenvalue weighted by atomic mass is 10.1. The van der Waals surface area contributed by atoms with Gasteiger partial charge in [-0.3, -0.25) is 0 Å². The van der Waals surface area contributed by atoms with Crippen molar-refractivity contribution in [3.63, 3.8) is 0 Å². The molecule has 0 bridgehead atoms. The van der Waals surface area contributed by atoms with Gasteiger partial charge in [0.15, 0.2) is 0 Å². The molecule has 17 heavy (non-hydrogen) atoms. The second kappa shape index (κ2) is 6.44. The van der Waals surface area contributed by atoms with Crippen molar-refractivity contribution in [2.75, 3.05) is 6.54 Å². The Kier molecular flexibility index (Phi) is 4.90. The Morgan fingerprint density at radius 2 is 2.06 bits per heavy atom. The standard InChI is InChI=1S/C14H17Cl2N/c15-12-6-5-11(14(16)10-12)4-2-1-3-9-17-13-7-8-13/h1-2,5-6,10,13,17H,3-4,7-9H2. The van der Waals surface area contributed by atoms with Crippen molar-refractivity contribution >= 4 is 23.2 Å². The summed E-state index contributed by atoms with van der Waals surface area (Å²) in [6.45, 7) is 1.08. The molecule has 1 aliphatic carbocycles. The fourth-order valence-corrected chi connectivity index (χ4v) is 2.16. The zero-order chi connectivity index (χ0) is 12.1. The van der Waals surface area contributed by atoms with E-state index >= 15 is 0 Å². The Labute approximate surface area is 113 Å². The van der Waals surface area contributed by atoms with E-state index in [-0.39, 0.29) is 0 Å². The topological polar surface area (TPSA) is 12.0 Å². The van der Waals surface area contributed by atoms with Gasteiger partial charge in [0.25, 0.3) is 0 Å². The zero-order valence-corrected chi connectivity index (χ0v) is 11.3. The molecular formula is C14H17Cl2N. The Balaban J connectivity index is 1.70. The van der Waals surface area contributed by atoms with Gasteiger partial charge >= 0.3 is 0 Å². The van der Waals surface area contributed by atoms with E-state index in [1.165, 1.54) is 12.8 Å². The fraction of sp³-hybridized carbons (Fsp3) is 0.429. The van der Waals surface area contributed by atoms with Gasteiger partial charge in [-0.15, -0.1) is 0 Å². The van der Waals surface area contributed by atoms with E-state index in [0.29, 0.717) is 5.02 Å². The molecule has 0 saturated heterocycles. The summed E-state index contributed by atoms with van der Waals surface area (Å²) in [4.78, 5) is 0. The fourth-order valence-electron chi connectivity index (χ4n) is 1.67. The van der Waals surface area contributed by atoms with Crippen LogP contribution in [0.1, 0.15) is 24.8 Å². The van der Waals surface area contributed by atoms with Crippen LogP contribution in [-0.4, -0.2) is 12.6 Å². The van der Waals surface area contributed by atoms with Crippen LogP contribution in [0.25, 0.3) is 0 Å². The molecule has 1 aliphatic rings. The summed E-state index contributed by atoms with van der Waals surface area (Å²) >= 11 is 11.9. The molecule has 1 N–H and O–H groups in total. The van der Waals surface area contributed by atoms with Crippen molar-refractivity contribution in [2.24, 2.45) is 0 Å². The second-order valence-electron chi connectivity index (χ2n) is 4.43. The quantitative estimate of drug-likeness (QED) is 0.602. The number of rotatable bonds is 6. The number of benzene rings is 1. The van der Waals surface area contributed by atoms with Crippen molar-refractivity contribution in [2.45, 2.75) is 31.7 Å². The Morgan fingerprint density at radius 3 is 2.76 bits per heavy atom. The van der Waals surface area contributed by atoms with Crippen LogP contribution in [0.5, 0.6) is 0 Å². The smallest absolute Gasteiger partial charge is 0.0455 e. The highest BCUT2D eigenvalue weighted by molar-refractivity contribution is 6.35. The average Bonchev–Trinajstić information content (AvgIpc) is 3.09. The molecule has 2 rings (SSSR count). The maximum atomic E-state index is 6.09. The van der Waals surface area contributed by atoms with E-state index < -0.39 is 0 Å². The molecule has 1 nitrogen and oxygen atoms in total. The van der Waals surface area contributed by atoms with Gasteiger partial charge in [0, 0.05) is 16.1 Å². The van der Waals surface area contributed by atoms with E-state index in [1.807, 2.05) is 12.1 Å². The van der Waals surface area contributed by atoms with Crippen LogP contribution >= 0.6 is 23.2 Å². The molecule has 0 radical (unpaired) electrons. The van der Waals surface area contributed by atoms with Crippen molar-refractivity contribution in [3.8, 4) is 0 Å². The molecule has 1 aromatic rings. The summed E-state index contributed by atoms with van der Waals surface area (Å²) in [5.41, 5.74) is 1.13. The van der Waals surface area contributed by atoms with Gasteiger partial charge in [-0.2, -0.15) is 0 Å². The SMILES string of the molecule is Clc1ccc(CC=CCCNC2CC2)c(Cl)c1. The minimum atomic E-state index is 0.691. The summed E-state index contributed by atoms with van der Waals surface area (Å²) in [6.07, 6.45) is 9.04. The summed E-state index contributed by atoms with van der Waals surface area (Å²) in [5.74, 6) is 0. The van der Waals surface area contributed by atoms with Gasteiger partial charge < -0.3 is 5.32 Å². The lowest BCUT2D eigenvalue weighted by molar-refractivity contribution is 0.690. The molecular weight excluding hydrogens is 253 g/mol. The Bertz CT molecular complexity index is 397. The van der Waals surface area contributed by atoms with Crippen LogP contribution in [-0.2, 0) is 6.42 Å². The maximum absolute atomic E-state index is 6.09. The van der Waals surface area contributed by atoms with E-state index in [9.17, 15) is 0 Å². The minimum Gasteiger partial charge on any atom is -0.314 e. The molecule has 0 spiro atoms. The monoisotopic (exact) mass is 269 g/mol. The summed E-state index contributed by atoms with van der Waals surface area (Å²) in [6, 6.07) is 6.46. The van der Waals surface area contributed by atoms with Crippen LogP contribution < -0.4 is 5.32 Å². The molecule has 0 heterocycles. The molecule has 0 atom stereocenters. The highest BCUT2D eigenvalue weighted by Crippen LogP contribution is 2.21. The van der Waals surface area contributed by atoms with E-state index in [2.05, 4.69) is 17.5 Å². The maximum Gasteiger partial charge on any atom is 0.0455 e. The highest BCUT2D eigenvalue weighted by Gasteiger charge is 2.19. The third kappa shape index (κ3) is 4.71. The first-order chi connectivity index (χ1) is 8.25. The number of halogens is 2. The van der Waals surface area contributed by atoms with Crippen molar-refractivity contribution in [3.05, 3.63) is 46.0 Å². The molecule has 1 aromatic carbocycles. The lowest BCUT2D eigenvalue weighted by Gasteiger charge is -2.01. The summed E-state index contributed by atoms with van der Waals surface area (Å²) in [5, 5.41) is 4.92. The van der Waals surface area contributed by atoms with Gasteiger partial charge in [-0.1, -0.05) is 41.4 Å². The highest BCUT2D eigenvalue weighted by atomic mass is 35.5. The zero-order valence-electron chi connectivity index (χ0n) is 9.76. The molecule has 0 amide bonds. The molecule has 92 valence electrons. The number of hydrogen-bond donors (Lipinski definition) is 1. The predicted molar refractivity (Wildman–Crippen MR) is 74.9 cm³/mol. The molecule has 1 saturated carbocycles. The van der Waals surface area contributed by atoms with Gasteiger partial charge in [-0.25, -0.2) is 0 Å². The van der Waals surface area contributed by atoms with E-state index in [0.717, 1.165) is 36.0 Å². The predicted octanol–water partition coefficient (Wildman–Crippen LogP) is 4.23. The van der Waals surface area contributed by atoms with Gasteiger partial charge in [0.1, 0.15) is 0 Å². The minimum absolute atomic E-state index is 0.691. The summed E-state index contributed by atoms with van der Waals surface area (Å²) in [7, 11) is 0. The van der Waals surface area contributed by atoms with Crippen LogP contribution in [0.15, 0.2) is 30.4 Å². The Hall–Kier alpha value is -0.500. The molecule has 3 heteroatoms. The van der Waals surface area contributed by atoms with Gasteiger partial charge in [0.2, 0.25) is 0 Å². The normalized spacial score (nSPS) is 15.6. The van der Waals surface area contributed by atoms with Gasteiger partial charge in [-0.05, 0) is 49.9 Å². The molecule has 0 unspecified atom stereocenters. The second-order valence-corrected chi connectivity index (χ2v) is 5.27. The van der Waals surface area contributed by atoms with Crippen LogP contribution in [0.3, 0.4) is 0 Å². The van der Waals surface area contributed by atoms with E-state index in [1.54, 1.807) is 6.07 Å². The van der Waals surface area contributed by atoms with Crippen LogP contribution in [0.4, 0.5) is 0 Å². The molecule has 1 fully saturated rings.